The molecule has 52 heavy (non-hydrogen) atoms. The number of nitrogens with zero attached hydrogens (tertiary/aromatic N) is 4. The summed E-state index contributed by atoms with van der Waals surface area (Å²) in [5.41, 5.74) is 12.6. The van der Waals surface area contributed by atoms with Crippen LogP contribution in [0, 0.1) is 0 Å². The van der Waals surface area contributed by atoms with E-state index < -0.39 is 0 Å². The molecule has 10 aromatic rings. The first-order chi connectivity index (χ1) is 25.8. The Morgan fingerprint density at radius 1 is 0.404 bits per heavy atom. The highest BCUT2D eigenvalue weighted by Crippen LogP contribution is 2.42. The van der Waals surface area contributed by atoms with Crippen molar-refractivity contribution in [3.8, 4) is 62.1 Å². The van der Waals surface area contributed by atoms with Gasteiger partial charge in [0.05, 0.1) is 22.4 Å². The van der Waals surface area contributed by atoms with Crippen molar-refractivity contribution >= 4 is 33.0 Å². The van der Waals surface area contributed by atoms with Crippen molar-refractivity contribution in [2.24, 2.45) is 0 Å². The van der Waals surface area contributed by atoms with Crippen LogP contribution >= 0.6 is 0 Å². The summed E-state index contributed by atoms with van der Waals surface area (Å²) in [6.45, 7) is 0. The third-order valence-electron chi connectivity index (χ3n) is 9.63. The summed E-state index contributed by atoms with van der Waals surface area (Å²) in [6, 6.07) is 62.4. The van der Waals surface area contributed by atoms with Crippen LogP contribution in [0.2, 0.25) is 0 Å². The maximum Gasteiger partial charge on any atom is 0.160 e. The van der Waals surface area contributed by atoms with Crippen molar-refractivity contribution in [2.45, 2.75) is 0 Å². The minimum Gasteiger partial charge on any atom is -0.456 e. The van der Waals surface area contributed by atoms with Crippen LogP contribution < -0.4 is 0 Å². The Balaban J connectivity index is 1.19. The number of rotatable bonds is 6. The fraction of sp³-hybridized carbons (Fsp3) is 0. The smallest absolute Gasteiger partial charge is 0.160 e. The zero-order chi connectivity index (χ0) is 34.4. The lowest BCUT2D eigenvalue weighted by molar-refractivity contribution is 0.669. The second-order valence-electron chi connectivity index (χ2n) is 12.8. The van der Waals surface area contributed by atoms with Gasteiger partial charge in [0, 0.05) is 38.7 Å². The largest absolute Gasteiger partial charge is 0.456 e. The lowest BCUT2D eigenvalue weighted by Gasteiger charge is -2.12. The van der Waals surface area contributed by atoms with E-state index in [0.29, 0.717) is 5.82 Å². The molecule has 0 bridgehead atoms. The maximum atomic E-state index is 6.58. The van der Waals surface area contributed by atoms with Gasteiger partial charge in [-0.2, -0.15) is 0 Å². The Morgan fingerprint density at radius 2 is 0.981 bits per heavy atom. The van der Waals surface area contributed by atoms with E-state index in [2.05, 4.69) is 120 Å². The molecule has 244 valence electrons. The summed E-state index contributed by atoms with van der Waals surface area (Å²) >= 11 is 0. The Bertz CT molecular complexity index is 2840. The van der Waals surface area contributed by atoms with Gasteiger partial charge < -0.3 is 4.42 Å². The number of imidazole rings is 1. The van der Waals surface area contributed by atoms with Gasteiger partial charge in [0.1, 0.15) is 17.0 Å². The van der Waals surface area contributed by atoms with Gasteiger partial charge in [0.25, 0.3) is 0 Å². The Labute approximate surface area is 300 Å². The summed E-state index contributed by atoms with van der Waals surface area (Å²) in [7, 11) is 0. The van der Waals surface area contributed by atoms with Gasteiger partial charge in [-0.3, -0.25) is 4.57 Å². The molecule has 0 saturated carbocycles. The SMILES string of the molecule is c1ccc(-c2cc(-c3cccc4oc5cccc(-c6cccc(-c7nc8ccccc8n7-c7ccccc7)c6)c5c34)nc(-c3ccccc3)n2)cc1. The third kappa shape index (κ3) is 5.07. The lowest BCUT2D eigenvalue weighted by atomic mass is 9.95. The summed E-state index contributed by atoms with van der Waals surface area (Å²) in [6.07, 6.45) is 0. The summed E-state index contributed by atoms with van der Waals surface area (Å²) in [4.78, 5) is 15.4. The quantitative estimate of drug-likeness (QED) is 0.177. The minimum absolute atomic E-state index is 0.677. The zero-order valence-electron chi connectivity index (χ0n) is 28.0. The van der Waals surface area contributed by atoms with Crippen molar-refractivity contribution < 1.29 is 4.42 Å². The van der Waals surface area contributed by atoms with Crippen molar-refractivity contribution in [3.05, 3.63) is 182 Å². The van der Waals surface area contributed by atoms with Gasteiger partial charge in [0.2, 0.25) is 0 Å². The van der Waals surface area contributed by atoms with Gasteiger partial charge in [-0.05, 0) is 59.7 Å². The molecular weight excluding hydrogens is 637 g/mol. The number of benzene rings is 7. The molecule has 0 spiro atoms. The van der Waals surface area contributed by atoms with Crippen molar-refractivity contribution in [2.75, 3.05) is 0 Å². The van der Waals surface area contributed by atoms with E-state index in [4.69, 9.17) is 19.4 Å². The number of para-hydroxylation sites is 3. The summed E-state index contributed by atoms with van der Waals surface area (Å²) in [5, 5.41) is 2.06. The first-order valence-corrected chi connectivity index (χ1v) is 17.4. The fourth-order valence-corrected chi connectivity index (χ4v) is 7.26. The maximum absolute atomic E-state index is 6.58. The number of hydrogen-bond donors (Lipinski definition) is 0. The van der Waals surface area contributed by atoms with E-state index in [-0.39, 0.29) is 0 Å². The number of fused-ring (bicyclic) bond motifs is 4. The van der Waals surface area contributed by atoms with Gasteiger partial charge in [-0.25, -0.2) is 15.0 Å². The topological polar surface area (TPSA) is 56.7 Å². The van der Waals surface area contributed by atoms with E-state index in [0.717, 1.165) is 89.3 Å². The molecule has 10 rings (SSSR count). The van der Waals surface area contributed by atoms with Crippen LogP contribution in [0.3, 0.4) is 0 Å². The monoisotopic (exact) mass is 666 g/mol. The zero-order valence-corrected chi connectivity index (χ0v) is 28.0. The van der Waals surface area contributed by atoms with Crippen LogP contribution in [-0.4, -0.2) is 19.5 Å². The van der Waals surface area contributed by atoms with Crippen LogP contribution in [0.25, 0.3) is 95.1 Å². The van der Waals surface area contributed by atoms with Crippen LogP contribution in [0.15, 0.2) is 186 Å². The molecule has 5 heteroatoms. The average molecular weight is 667 g/mol. The van der Waals surface area contributed by atoms with Crippen molar-refractivity contribution in [3.63, 3.8) is 0 Å². The summed E-state index contributed by atoms with van der Waals surface area (Å²) < 4.78 is 8.82. The number of furan rings is 1. The highest BCUT2D eigenvalue weighted by molar-refractivity contribution is 6.17. The molecule has 0 saturated heterocycles. The fourth-order valence-electron chi connectivity index (χ4n) is 7.26. The molecule has 7 aromatic carbocycles. The molecule has 0 amide bonds. The molecule has 0 aliphatic rings. The second-order valence-corrected chi connectivity index (χ2v) is 12.8. The average Bonchev–Trinajstić information content (AvgIpc) is 3.81. The third-order valence-corrected chi connectivity index (χ3v) is 9.63. The van der Waals surface area contributed by atoms with Crippen molar-refractivity contribution in [1.29, 1.82) is 0 Å². The second kappa shape index (κ2) is 12.3. The van der Waals surface area contributed by atoms with Crippen LogP contribution in [0.5, 0.6) is 0 Å². The number of aromatic nitrogens is 4. The van der Waals surface area contributed by atoms with Crippen LogP contribution in [-0.2, 0) is 0 Å². The molecule has 3 heterocycles. The van der Waals surface area contributed by atoms with Gasteiger partial charge in [0.15, 0.2) is 5.82 Å². The van der Waals surface area contributed by atoms with E-state index in [1.807, 2.05) is 66.7 Å². The molecular formula is C47H30N4O. The normalized spacial score (nSPS) is 11.5. The van der Waals surface area contributed by atoms with E-state index in [1.165, 1.54) is 0 Å². The Morgan fingerprint density at radius 3 is 1.75 bits per heavy atom. The Kier molecular flexibility index (Phi) is 7.07. The standard InChI is InChI=1S/C47H30N4O/c1-4-15-31(16-5-1)39-30-40(49-46(48-39)32-17-6-2-7-18-32)37-24-14-28-43-45(37)44-36(23-13-27-42(44)52-43)33-19-12-20-34(29-33)47-50-38-25-10-11-26-41(38)51(47)35-21-8-3-9-22-35/h1-30H. The molecule has 3 aromatic heterocycles. The molecule has 5 nitrogen and oxygen atoms in total. The summed E-state index contributed by atoms with van der Waals surface area (Å²) in [5.74, 6) is 1.57. The molecule has 0 N–H and O–H groups in total. The molecule has 0 aliphatic heterocycles. The number of hydrogen-bond acceptors (Lipinski definition) is 4. The Hall–Kier alpha value is -7.11. The highest BCUT2D eigenvalue weighted by atomic mass is 16.3. The lowest BCUT2D eigenvalue weighted by Crippen LogP contribution is -1.97. The first kappa shape index (κ1) is 29.8. The van der Waals surface area contributed by atoms with Crippen molar-refractivity contribution in [1.82, 2.24) is 19.5 Å². The van der Waals surface area contributed by atoms with E-state index in [9.17, 15) is 0 Å². The molecule has 0 fully saturated rings. The molecule has 0 unspecified atom stereocenters. The van der Waals surface area contributed by atoms with E-state index >= 15 is 0 Å². The first-order valence-electron chi connectivity index (χ1n) is 17.4. The predicted octanol–water partition coefficient (Wildman–Crippen LogP) is 12.0. The van der Waals surface area contributed by atoms with Gasteiger partial charge >= 0.3 is 0 Å². The molecule has 0 aliphatic carbocycles. The highest BCUT2D eigenvalue weighted by Gasteiger charge is 2.20. The van der Waals surface area contributed by atoms with Crippen LogP contribution in [0.1, 0.15) is 0 Å². The predicted molar refractivity (Wildman–Crippen MR) is 211 cm³/mol. The van der Waals surface area contributed by atoms with E-state index in [1.54, 1.807) is 0 Å². The van der Waals surface area contributed by atoms with Gasteiger partial charge in [-0.1, -0.05) is 133 Å². The molecule has 0 atom stereocenters. The van der Waals surface area contributed by atoms with Crippen LogP contribution in [0.4, 0.5) is 0 Å². The van der Waals surface area contributed by atoms with Gasteiger partial charge in [-0.15, -0.1) is 0 Å². The molecule has 0 radical (unpaired) electrons. The minimum atomic E-state index is 0.677.